The number of fused-ring (bicyclic) bond motifs is 1. The highest BCUT2D eigenvalue weighted by Crippen LogP contribution is 2.31. The molecular formula is C32H30N4O5S2. The molecule has 1 amide bonds. The van der Waals surface area contributed by atoms with Crippen molar-refractivity contribution in [1.29, 1.82) is 0 Å². The number of hydrogen-bond acceptors (Lipinski definition) is 6. The number of hydrogen-bond donors (Lipinski definition) is 3. The van der Waals surface area contributed by atoms with Crippen LogP contribution >= 0.6 is 0 Å². The van der Waals surface area contributed by atoms with E-state index < -0.39 is 37.2 Å². The Labute approximate surface area is 250 Å². The average molecular weight is 615 g/mol. The lowest BCUT2D eigenvalue weighted by Gasteiger charge is -2.18. The molecule has 2 atom stereocenters. The van der Waals surface area contributed by atoms with Crippen LogP contribution in [-0.4, -0.2) is 32.7 Å². The SMILES string of the molecule is Cc1ccc(C)c(-c2ccc(S(=O)(=O)NC(Cc3ccc(C4CC(=O)NS4(=O)=O)cc3)c3nc4ccccc4[nH]3)cc2)c1. The summed E-state index contributed by atoms with van der Waals surface area (Å²) >= 11 is 0. The minimum Gasteiger partial charge on any atom is -0.341 e. The molecule has 2 heterocycles. The summed E-state index contributed by atoms with van der Waals surface area (Å²) in [6, 6.07) is 26.5. The van der Waals surface area contributed by atoms with Crippen LogP contribution < -0.4 is 9.44 Å². The van der Waals surface area contributed by atoms with Crippen molar-refractivity contribution in [2.24, 2.45) is 0 Å². The van der Waals surface area contributed by atoms with Crippen LogP contribution in [0.2, 0.25) is 0 Å². The summed E-state index contributed by atoms with van der Waals surface area (Å²) in [5, 5.41) is -0.953. The largest absolute Gasteiger partial charge is 0.341 e. The number of sulfonamides is 2. The Bertz CT molecular complexity index is 2020. The molecule has 11 heteroatoms. The van der Waals surface area contributed by atoms with E-state index in [1.165, 1.54) is 0 Å². The van der Waals surface area contributed by atoms with Gasteiger partial charge in [-0.05, 0) is 72.4 Å². The Morgan fingerprint density at radius 2 is 1.67 bits per heavy atom. The molecular weight excluding hydrogens is 585 g/mol. The van der Waals surface area contributed by atoms with Crippen molar-refractivity contribution in [3.63, 3.8) is 0 Å². The van der Waals surface area contributed by atoms with Crippen molar-refractivity contribution in [1.82, 2.24) is 19.4 Å². The summed E-state index contributed by atoms with van der Waals surface area (Å²) in [4.78, 5) is 19.7. The van der Waals surface area contributed by atoms with Gasteiger partial charge in [0.05, 0.1) is 28.4 Å². The van der Waals surface area contributed by atoms with Gasteiger partial charge >= 0.3 is 0 Å². The van der Waals surface area contributed by atoms with E-state index in [-0.39, 0.29) is 17.7 Å². The molecule has 220 valence electrons. The lowest BCUT2D eigenvalue weighted by molar-refractivity contribution is -0.118. The third-order valence-corrected chi connectivity index (χ3v) is 10.9. The van der Waals surface area contributed by atoms with Crippen molar-refractivity contribution in [3.05, 3.63) is 119 Å². The molecule has 0 radical (unpaired) electrons. The van der Waals surface area contributed by atoms with E-state index in [0.717, 1.165) is 33.3 Å². The van der Waals surface area contributed by atoms with Crippen molar-refractivity contribution < 1.29 is 21.6 Å². The number of benzene rings is 4. The highest BCUT2D eigenvalue weighted by Gasteiger charge is 2.37. The summed E-state index contributed by atoms with van der Waals surface area (Å²) in [5.74, 6) is -0.0792. The first kappa shape index (κ1) is 28.8. The van der Waals surface area contributed by atoms with Crippen LogP contribution in [-0.2, 0) is 31.3 Å². The van der Waals surface area contributed by atoms with Crippen LogP contribution in [0.1, 0.15) is 45.8 Å². The zero-order chi connectivity index (χ0) is 30.4. The summed E-state index contributed by atoms with van der Waals surface area (Å²) in [7, 11) is -7.73. The van der Waals surface area contributed by atoms with E-state index in [1.807, 2.05) is 67.1 Å². The van der Waals surface area contributed by atoms with Crippen molar-refractivity contribution in [3.8, 4) is 11.1 Å². The quantitative estimate of drug-likeness (QED) is 0.225. The third-order valence-electron chi connectivity index (χ3n) is 7.70. The average Bonchev–Trinajstić information content (AvgIpc) is 3.53. The Balaban J connectivity index is 1.29. The van der Waals surface area contributed by atoms with Gasteiger partial charge in [0.25, 0.3) is 0 Å². The van der Waals surface area contributed by atoms with Crippen LogP contribution in [0.5, 0.6) is 0 Å². The summed E-state index contributed by atoms with van der Waals surface area (Å²) in [6.45, 7) is 4.04. The highest BCUT2D eigenvalue weighted by molar-refractivity contribution is 7.90. The standard InChI is InChI=1S/C32H30N4O5S2/c1-20-7-8-21(2)26(17-20)23-13-15-25(16-14-23)42(38,39)35-29(32-33-27-5-3-4-6-28(27)34-32)18-22-9-11-24(12-10-22)30-19-31(37)36-43(30,40)41/h3-17,29-30,35H,18-19H2,1-2H3,(H,33,34)(H,36,37). The monoisotopic (exact) mass is 614 g/mol. The molecule has 1 aromatic heterocycles. The van der Waals surface area contributed by atoms with Gasteiger partial charge in [0, 0.05) is 0 Å². The molecule has 0 bridgehead atoms. The van der Waals surface area contributed by atoms with Gasteiger partial charge in [0.1, 0.15) is 11.1 Å². The van der Waals surface area contributed by atoms with E-state index in [0.29, 0.717) is 16.9 Å². The number of carbonyl (C=O) groups is 1. The number of nitrogens with one attached hydrogen (secondary N) is 3. The Morgan fingerprint density at radius 1 is 0.953 bits per heavy atom. The van der Waals surface area contributed by atoms with Gasteiger partial charge in [-0.1, -0.05) is 72.3 Å². The zero-order valence-electron chi connectivity index (χ0n) is 23.5. The van der Waals surface area contributed by atoms with Crippen molar-refractivity contribution in [2.45, 2.75) is 42.9 Å². The fourth-order valence-electron chi connectivity index (χ4n) is 5.40. The Hall–Kier alpha value is -4.32. The molecule has 4 aromatic carbocycles. The van der Waals surface area contributed by atoms with Crippen LogP contribution in [0, 0.1) is 13.8 Å². The second-order valence-corrected chi connectivity index (χ2v) is 14.4. The number of nitrogens with zero attached hydrogens (tertiary/aromatic N) is 1. The molecule has 5 aromatic rings. The summed E-state index contributed by atoms with van der Waals surface area (Å²) in [5.41, 5.74) is 6.93. The van der Waals surface area contributed by atoms with Gasteiger partial charge < -0.3 is 4.98 Å². The number of imidazole rings is 1. The Kier molecular flexibility index (Phi) is 7.41. The van der Waals surface area contributed by atoms with Gasteiger partial charge in [-0.25, -0.2) is 26.5 Å². The minimum absolute atomic E-state index is 0.127. The fourth-order valence-corrected chi connectivity index (χ4v) is 8.03. The number of H-pyrrole nitrogens is 1. The van der Waals surface area contributed by atoms with Gasteiger partial charge in [-0.15, -0.1) is 0 Å². The van der Waals surface area contributed by atoms with Gasteiger partial charge in [0.15, 0.2) is 0 Å². The second-order valence-electron chi connectivity index (χ2n) is 10.9. The maximum atomic E-state index is 13.7. The number of para-hydroxylation sites is 2. The van der Waals surface area contributed by atoms with E-state index in [2.05, 4.69) is 20.8 Å². The maximum Gasteiger partial charge on any atom is 0.242 e. The smallest absolute Gasteiger partial charge is 0.242 e. The molecule has 0 saturated carbocycles. The molecule has 1 aliphatic heterocycles. The number of amides is 1. The molecule has 1 aliphatic rings. The zero-order valence-corrected chi connectivity index (χ0v) is 25.2. The minimum atomic E-state index is -3.96. The lowest BCUT2D eigenvalue weighted by Crippen LogP contribution is -2.31. The maximum absolute atomic E-state index is 13.7. The first-order chi connectivity index (χ1) is 20.5. The van der Waals surface area contributed by atoms with Crippen LogP contribution in [0.4, 0.5) is 0 Å². The molecule has 1 fully saturated rings. The first-order valence-electron chi connectivity index (χ1n) is 13.8. The van der Waals surface area contributed by atoms with E-state index >= 15 is 0 Å². The van der Waals surface area contributed by atoms with Crippen LogP contribution in [0.15, 0.2) is 95.9 Å². The predicted molar refractivity (Wildman–Crippen MR) is 165 cm³/mol. The Morgan fingerprint density at radius 3 is 2.35 bits per heavy atom. The van der Waals surface area contributed by atoms with Crippen LogP contribution in [0.3, 0.4) is 0 Å². The normalized spacial score (nSPS) is 17.2. The van der Waals surface area contributed by atoms with E-state index in [4.69, 9.17) is 0 Å². The molecule has 0 spiro atoms. The van der Waals surface area contributed by atoms with Crippen LogP contribution in [0.25, 0.3) is 22.2 Å². The number of rotatable bonds is 8. The molecule has 43 heavy (non-hydrogen) atoms. The molecule has 0 aliphatic carbocycles. The van der Waals surface area contributed by atoms with Gasteiger partial charge in [-0.3, -0.25) is 9.52 Å². The molecule has 2 unspecified atom stereocenters. The predicted octanol–water partition coefficient (Wildman–Crippen LogP) is 5.00. The molecule has 6 rings (SSSR count). The second kappa shape index (κ2) is 11.1. The summed E-state index contributed by atoms with van der Waals surface area (Å²) < 4.78 is 56.8. The fraction of sp³-hybridized carbons (Fsp3) is 0.188. The highest BCUT2D eigenvalue weighted by atomic mass is 32.2. The lowest BCUT2D eigenvalue weighted by atomic mass is 9.99. The number of aromatic nitrogens is 2. The molecule has 1 saturated heterocycles. The number of aromatic amines is 1. The topological polar surface area (TPSA) is 138 Å². The number of aryl methyl sites for hydroxylation is 2. The first-order valence-corrected chi connectivity index (χ1v) is 16.8. The number of carbonyl (C=O) groups excluding carboxylic acids is 1. The summed E-state index contributed by atoms with van der Waals surface area (Å²) in [6.07, 6.45) is 0.111. The van der Waals surface area contributed by atoms with E-state index in [1.54, 1.807) is 36.4 Å². The third kappa shape index (κ3) is 5.96. The van der Waals surface area contributed by atoms with E-state index in [9.17, 15) is 21.6 Å². The van der Waals surface area contributed by atoms with Crippen molar-refractivity contribution in [2.75, 3.05) is 0 Å². The molecule has 9 nitrogen and oxygen atoms in total. The molecule has 3 N–H and O–H groups in total. The van der Waals surface area contributed by atoms with Gasteiger partial charge in [0.2, 0.25) is 26.0 Å². The van der Waals surface area contributed by atoms with Crippen molar-refractivity contribution >= 4 is 37.0 Å². The van der Waals surface area contributed by atoms with Gasteiger partial charge in [-0.2, -0.15) is 0 Å².